The van der Waals surface area contributed by atoms with Gasteiger partial charge < -0.3 is 10.1 Å². The van der Waals surface area contributed by atoms with E-state index in [2.05, 4.69) is 19.2 Å². The molecule has 0 bridgehead atoms. The van der Waals surface area contributed by atoms with Crippen LogP contribution in [0.3, 0.4) is 0 Å². The molecule has 0 aromatic heterocycles. The number of rotatable bonds is 6. The van der Waals surface area contributed by atoms with Crippen molar-refractivity contribution in [2.75, 3.05) is 13.7 Å². The van der Waals surface area contributed by atoms with Crippen LogP contribution in [-0.4, -0.2) is 13.7 Å². The van der Waals surface area contributed by atoms with Crippen molar-refractivity contribution in [3.05, 3.63) is 28.8 Å². The van der Waals surface area contributed by atoms with Gasteiger partial charge in [0.1, 0.15) is 5.75 Å². The molecule has 3 heteroatoms. The Morgan fingerprint density at radius 3 is 2.81 bits per heavy atom. The third-order valence-corrected chi connectivity index (χ3v) is 2.98. The first kappa shape index (κ1) is 13.3. The molecular weight excluding hydrogens is 222 g/mol. The molecule has 0 saturated heterocycles. The fourth-order valence-corrected chi connectivity index (χ4v) is 1.68. The molecule has 0 heterocycles. The van der Waals surface area contributed by atoms with E-state index in [-0.39, 0.29) is 0 Å². The van der Waals surface area contributed by atoms with Crippen molar-refractivity contribution in [1.29, 1.82) is 0 Å². The summed E-state index contributed by atoms with van der Waals surface area (Å²) in [5.74, 6) is 1.59. The lowest BCUT2D eigenvalue weighted by molar-refractivity contribution is 0.405. The molecule has 0 fully saturated rings. The van der Waals surface area contributed by atoms with Crippen LogP contribution in [0.2, 0.25) is 5.02 Å². The Labute approximate surface area is 103 Å². The van der Waals surface area contributed by atoms with Crippen LogP contribution in [0.4, 0.5) is 0 Å². The summed E-state index contributed by atoms with van der Waals surface area (Å²) in [6.07, 6.45) is 1.19. The van der Waals surface area contributed by atoms with Gasteiger partial charge in [0, 0.05) is 17.1 Å². The van der Waals surface area contributed by atoms with Gasteiger partial charge in [-0.2, -0.15) is 0 Å². The number of methoxy groups -OCH3 is 1. The molecule has 1 atom stereocenters. The van der Waals surface area contributed by atoms with E-state index in [1.807, 2.05) is 18.2 Å². The molecule has 1 N–H and O–H groups in total. The molecule has 16 heavy (non-hydrogen) atoms. The summed E-state index contributed by atoms with van der Waals surface area (Å²) in [4.78, 5) is 0. The van der Waals surface area contributed by atoms with Crippen molar-refractivity contribution in [1.82, 2.24) is 5.32 Å². The second-order valence-corrected chi connectivity index (χ2v) is 4.54. The van der Waals surface area contributed by atoms with E-state index in [1.54, 1.807) is 7.11 Å². The van der Waals surface area contributed by atoms with Gasteiger partial charge in [-0.15, -0.1) is 0 Å². The molecule has 90 valence electrons. The molecule has 2 nitrogen and oxygen atoms in total. The second kappa shape index (κ2) is 6.77. The van der Waals surface area contributed by atoms with E-state index in [4.69, 9.17) is 16.3 Å². The summed E-state index contributed by atoms with van der Waals surface area (Å²) in [7, 11) is 1.68. The zero-order chi connectivity index (χ0) is 12.0. The first-order chi connectivity index (χ1) is 7.67. The smallest absolute Gasteiger partial charge is 0.123 e. The van der Waals surface area contributed by atoms with Crippen molar-refractivity contribution in [2.45, 2.75) is 26.8 Å². The predicted octanol–water partition coefficient (Wildman–Crippen LogP) is 3.48. The summed E-state index contributed by atoms with van der Waals surface area (Å²) in [6.45, 7) is 6.26. The van der Waals surface area contributed by atoms with Crippen LogP contribution in [0.25, 0.3) is 0 Å². The van der Waals surface area contributed by atoms with Gasteiger partial charge >= 0.3 is 0 Å². The second-order valence-electron chi connectivity index (χ2n) is 4.10. The highest BCUT2D eigenvalue weighted by atomic mass is 35.5. The summed E-state index contributed by atoms with van der Waals surface area (Å²) in [5, 5.41) is 4.17. The quantitative estimate of drug-likeness (QED) is 0.823. The molecule has 0 amide bonds. The Bertz CT molecular complexity index is 328. The van der Waals surface area contributed by atoms with Crippen LogP contribution in [0, 0.1) is 5.92 Å². The highest BCUT2D eigenvalue weighted by Gasteiger charge is 2.04. The minimum Gasteiger partial charge on any atom is -0.496 e. The maximum Gasteiger partial charge on any atom is 0.123 e. The Morgan fingerprint density at radius 2 is 2.19 bits per heavy atom. The lowest BCUT2D eigenvalue weighted by Gasteiger charge is -2.12. The maximum atomic E-state index is 5.96. The third-order valence-electron chi connectivity index (χ3n) is 2.75. The Morgan fingerprint density at radius 1 is 1.44 bits per heavy atom. The van der Waals surface area contributed by atoms with E-state index in [0.717, 1.165) is 29.4 Å². The highest BCUT2D eigenvalue weighted by molar-refractivity contribution is 6.30. The van der Waals surface area contributed by atoms with E-state index in [1.165, 1.54) is 6.42 Å². The third kappa shape index (κ3) is 4.03. The molecule has 1 unspecified atom stereocenters. The van der Waals surface area contributed by atoms with Gasteiger partial charge in [0.15, 0.2) is 0 Å². The van der Waals surface area contributed by atoms with Crippen molar-refractivity contribution in [3.8, 4) is 5.75 Å². The fraction of sp³-hybridized carbons (Fsp3) is 0.538. The van der Waals surface area contributed by atoms with E-state index >= 15 is 0 Å². The molecular formula is C13H20ClNO. The minimum atomic E-state index is 0.699. The molecule has 1 aromatic carbocycles. The summed E-state index contributed by atoms with van der Waals surface area (Å²) < 4.78 is 5.29. The number of hydrogen-bond donors (Lipinski definition) is 1. The summed E-state index contributed by atoms with van der Waals surface area (Å²) in [5.41, 5.74) is 1.11. The number of ether oxygens (including phenoxy) is 1. The van der Waals surface area contributed by atoms with E-state index in [0.29, 0.717) is 5.92 Å². The van der Waals surface area contributed by atoms with Crippen LogP contribution in [0.5, 0.6) is 5.75 Å². The molecule has 0 spiro atoms. The lowest BCUT2D eigenvalue weighted by Crippen LogP contribution is -2.20. The van der Waals surface area contributed by atoms with Gasteiger partial charge in [0.25, 0.3) is 0 Å². The van der Waals surface area contributed by atoms with E-state index in [9.17, 15) is 0 Å². The topological polar surface area (TPSA) is 21.3 Å². The summed E-state index contributed by atoms with van der Waals surface area (Å²) >= 11 is 5.96. The standard InChI is InChI=1S/C13H20ClNO/c1-4-10(2)8-15-9-11-7-12(14)5-6-13(11)16-3/h5-7,10,15H,4,8-9H2,1-3H3. The van der Waals surface area contributed by atoms with Gasteiger partial charge in [-0.05, 0) is 30.7 Å². The molecule has 0 aliphatic carbocycles. The van der Waals surface area contributed by atoms with E-state index < -0.39 is 0 Å². The number of hydrogen-bond acceptors (Lipinski definition) is 2. The zero-order valence-corrected chi connectivity index (χ0v) is 11.0. The zero-order valence-electron chi connectivity index (χ0n) is 10.2. The predicted molar refractivity (Wildman–Crippen MR) is 69.2 cm³/mol. The normalized spacial score (nSPS) is 12.5. The fourth-order valence-electron chi connectivity index (χ4n) is 1.48. The van der Waals surface area contributed by atoms with Crippen molar-refractivity contribution in [2.24, 2.45) is 5.92 Å². The molecule has 0 radical (unpaired) electrons. The SMILES string of the molecule is CCC(C)CNCc1cc(Cl)ccc1OC. The van der Waals surface area contributed by atoms with Crippen molar-refractivity contribution < 1.29 is 4.74 Å². The maximum absolute atomic E-state index is 5.96. The average Bonchev–Trinajstić information content (AvgIpc) is 2.29. The van der Waals surface area contributed by atoms with Crippen LogP contribution in [0.1, 0.15) is 25.8 Å². The van der Waals surface area contributed by atoms with Gasteiger partial charge in [0.2, 0.25) is 0 Å². The van der Waals surface area contributed by atoms with Gasteiger partial charge in [0.05, 0.1) is 7.11 Å². The molecule has 0 aliphatic heterocycles. The molecule has 1 aromatic rings. The van der Waals surface area contributed by atoms with Crippen LogP contribution >= 0.6 is 11.6 Å². The Hall–Kier alpha value is -0.730. The monoisotopic (exact) mass is 241 g/mol. The molecule has 0 aliphatic rings. The Balaban J connectivity index is 2.55. The van der Waals surface area contributed by atoms with Crippen molar-refractivity contribution >= 4 is 11.6 Å². The molecule has 1 rings (SSSR count). The minimum absolute atomic E-state index is 0.699. The molecule has 0 saturated carbocycles. The van der Waals surface area contributed by atoms with Crippen LogP contribution < -0.4 is 10.1 Å². The average molecular weight is 242 g/mol. The van der Waals surface area contributed by atoms with Crippen LogP contribution in [-0.2, 0) is 6.54 Å². The number of nitrogens with one attached hydrogen (secondary N) is 1. The highest BCUT2D eigenvalue weighted by Crippen LogP contribution is 2.22. The first-order valence-electron chi connectivity index (χ1n) is 5.70. The lowest BCUT2D eigenvalue weighted by atomic mass is 10.1. The van der Waals surface area contributed by atoms with Gasteiger partial charge in [-0.1, -0.05) is 31.9 Å². The van der Waals surface area contributed by atoms with Crippen LogP contribution in [0.15, 0.2) is 18.2 Å². The number of benzene rings is 1. The van der Waals surface area contributed by atoms with Gasteiger partial charge in [-0.3, -0.25) is 0 Å². The summed E-state index contributed by atoms with van der Waals surface area (Å²) in [6, 6.07) is 5.70. The first-order valence-corrected chi connectivity index (χ1v) is 6.08. The van der Waals surface area contributed by atoms with Gasteiger partial charge in [-0.25, -0.2) is 0 Å². The number of halogens is 1. The largest absolute Gasteiger partial charge is 0.496 e. The Kier molecular flexibility index (Phi) is 5.64. The van der Waals surface area contributed by atoms with Crippen molar-refractivity contribution in [3.63, 3.8) is 0 Å².